The fourth-order valence-corrected chi connectivity index (χ4v) is 4.00. The van der Waals surface area contributed by atoms with E-state index in [1.807, 2.05) is 30.3 Å². The minimum absolute atomic E-state index is 0.188. The van der Waals surface area contributed by atoms with Crippen LogP contribution in [0.2, 0.25) is 0 Å². The molecule has 0 fully saturated rings. The van der Waals surface area contributed by atoms with Gasteiger partial charge in [0.15, 0.2) is 5.11 Å². The Kier molecular flexibility index (Phi) is 6.25. The van der Waals surface area contributed by atoms with Crippen LogP contribution in [-0.4, -0.2) is 33.4 Å². The molecule has 29 heavy (non-hydrogen) atoms. The average molecular weight is 430 g/mol. The molecule has 0 saturated heterocycles. The third-order valence-electron chi connectivity index (χ3n) is 3.93. The Labute approximate surface area is 176 Å². The molecule has 2 aromatic heterocycles. The molecule has 0 spiro atoms. The summed E-state index contributed by atoms with van der Waals surface area (Å²) in [5, 5.41) is 10.6. The fraction of sp³-hybridized carbons (Fsp3) is 0.158. The lowest BCUT2D eigenvalue weighted by atomic mass is 10.1. The van der Waals surface area contributed by atoms with E-state index < -0.39 is 11.9 Å². The highest BCUT2D eigenvalue weighted by Gasteiger charge is 2.20. The van der Waals surface area contributed by atoms with Gasteiger partial charge in [-0.25, -0.2) is 4.79 Å². The van der Waals surface area contributed by atoms with Crippen molar-refractivity contribution in [1.82, 2.24) is 9.78 Å². The molecular formula is C19H19N5O3S2. The number of benzene rings is 1. The van der Waals surface area contributed by atoms with Gasteiger partial charge in [-0.1, -0.05) is 30.3 Å². The number of rotatable bonds is 6. The van der Waals surface area contributed by atoms with E-state index in [1.165, 1.54) is 22.2 Å². The molecule has 0 aliphatic rings. The third kappa shape index (κ3) is 4.61. The molecule has 4 N–H and O–H groups in total. The van der Waals surface area contributed by atoms with Crippen molar-refractivity contribution in [2.24, 2.45) is 12.8 Å². The van der Waals surface area contributed by atoms with Crippen molar-refractivity contribution in [3.8, 4) is 10.4 Å². The fourth-order valence-electron chi connectivity index (χ4n) is 2.67. The first-order valence-corrected chi connectivity index (χ1v) is 9.89. The first-order chi connectivity index (χ1) is 13.9. The third-order valence-corrected chi connectivity index (χ3v) is 5.24. The number of aryl methyl sites for hydroxylation is 1. The molecule has 3 rings (SSSR count). The maximum atomic E-state index is 12.4. The number of thiocarbonyl (C=S) groups is 1. The number of carbonyl (C=O) groups excluding carboxylic acids is 2. The lowest BCUT2D eigenvalue weighted by molar-refractivity contribution is 0.0528. The number of nitrogens with two attached hydrogens (primary N) is 1. The molecule has 0 aliphatic heterocycles. The van der Waals surface area contributed by atoms with E-state index in [0.717, 1.165) is 10.4 Å². The van der Waals surface area contributed by atoms with Gasteiger partial charge >= 0.3 is 5.97 Å². The molecule has 0 radical (unpaired) electrons. The highest BCUT2D eigenvalue weighted by Crippen LogP contribution is 2.36. The zero-order valence-electron chi connectivity index (χ0n) is 15.8. The van der Waals surface area contributed by atoms with Gasteiger partial charge in [-0.15, -0.1) is 11.3 Å². The van der Waals surface area contributed by atoms with Crippen LogP contribution in [0.15, 0.2) is 42.6 Å². The maximum absolute atomic E-state index is 12.4. The number of nitrogens with zero attached hydrogens (tertiary/aromatic N) is 2. The van der Waals surface area contributed by atoms with Gasteiger partial charge in [0, 0.05) is 11.9 Å². The Morgan fingerprint density at radius 2 is 2.00 bits per heavy atom. The van der Waals surface area contributed by atoms with Gasteiger partial charge < -0.3 is 21.1 Å². The first kappa shape index (κ1) is 20.5. The number of hydrogen-bond acceptors (Lipinski definition) is 6. The van der Waals surface area contributed by atoms with Crippen LogP contribution >= 0.6 is 23.6 Å². The summed E-state index contributed by atoms with van der Waals surface area (Å²) in [6, 6.07) is 11.4. The zero-order chi connectivity index (χ0) is 21.0. The topological polar surface area (TPSA) is 111 Å². The average Bonchev–Trinajstić information content (AvgIpc) is 3.26. The SMILES string of the molecule is CCOC(=O)c1cc(-c2ccccc2)sc1NC(=S)Nc1cnn(C)c1C(N)=O. The second-order valence-corrected chi connectivity index (χ2v) is 7.37. The van der Waals surface area contributed by atoms with Crippen LogP contribution in [-0.2, 0) is 11.8 Å². The Balaban J connectivity index is 1.87. The number of thiophene rings is 1. The molecule has 1 aromatic carbocycles. The van der Waals surface area contributed by atoms with Gasteiger partial charge in [-0.3, -0.25) is 9.48 Å². The van der Waals surface area contributed by atoms with Crippen LogP contribution in [0.1, 0.15) is 27.8 Å². The molecule has 10 heteroatoms. The minimum atomic E-state index is -0.634. The number of hydrogen-bond donors (Lipinski definition) is 3. The van der Waals surface area contributed by atoms with Crippen molar-refractivity contribution >= 4 is 51.2 Å². The molecule has 3 aromatic rings. The van der Waals surface area contributed by atoms with E-state index in [1.54, 1.807) is 20.0 Å². The maximum Gasteiger partial charge on any atom is 0.341 e. The number of aromatic nitrogens is 2. The number of carbonyl (C=O) groups is 2. The Morgan fingerprint density at radius 1 is 1.28 bits per heavy atom. The van der Waals surface area contributed by atoms with Crippen molar-refractivity contribution in [3.05, 3.63) is 53.9 Å². The summed E-state index contributed by atoms with van der Waals surface area (Å²) < 4.78 is 6.52. The number of ether oxygens (including phenoxy) is 1. The van der Waals surface area contributed by atoms with Gasteiger partial charge in [-0.05, 0) is 30.8 Å². The quantitative estimate of drug-likeness (QED) is 0.407. The highest BCUT2D eigenvalue weighted by molar-refractivity contribution is 7.80. The van der Waals surface area contributed by atoms with Gasteiger partial charge in [0.1, 0.15) is 10.7 Å². The number of esters is 1. The van der Waals surface area contributed by atoms with E-state index in [4.69, 9.17) is 22.7 Å². The van der Waals surface area contributed by atoms with E-state index in [2.05, 4.69) is 15.7 Å². The Bertz CT molecular complexity index is 1060. The molecule has 0 atom stereocenters. The standard InChI is InChI=1S/C19H19N5O3S2/c1-3-27-18(26)12-9-14(11-7-5-4-6-8-11)29-17(12)23-19(28)22-13-10-21-24(2)15(13)16(20)25/h4-10H,3H2,1-2H3,(H2,20,25)(H2,22,23,28). The van der Waals surface area contributed by atoms with Crippen molar-refractivity contribution in [2.75, 3.05) is 17.2 Å². The molecular weight excluding hydrogens is 410 g/mol. The smallest absolute Gasteiger partial charge is 0.341 e. The van der Waals surface area contributed by atoms with Crippen molar-refractivity contribution in [3.63, 3.8) is 0 Å². The summed E-state index contributed by atoms with van der Waals surface area (Å²) in [4.78, 5) is 24.9. The lowest BCUT2D eigenvalue weighted by Gasteiger charge is -2.10. The predicted molar refractivity (Wildman–Crippen MR) is 117 cm³/mol. The van der Waals surface area contributed by atoms with Crippen LogP contribution in [0.5, 0.6) is 0 Å². The van der Waals surface area contributed by atoms with Crippen molar-refractivity contribution < 1.29 is 14.3 Å². The van der Waals surface area contributed by atoms with E-state index in [-0.39, 0.29) is 17.4 Å². The van der Waals surface area contributed by atoms with E-state index >= 15 is 0 Å². The molecule has 0 saturated carbocycles. The van der Waals surface area contributed by atoms with Gasteiger partial charge in [0.2, 0.25) is 0 Å². The van der Waals surface area contributed by atoms with Crippen LogP contribution < -0.4 is 16.4 Å². The van der Waals surface area contributed by atoms with Gasteiger partial charge in [0.05, 0.1) is 24.1 Å². The van der Waals surface area contributed by atoms with Crippen LogP contribution in [0.25, 0.3) is 10.4 Å². The zero-order valence-corrected chi connectivity index (χ0v) is 17.4. The number of anilines is 2. The number of nitrogens with one attached hydrogen (secondary N) is 2. The summed E-state index contributed by atoms with van der Waals surface area (Å²) in [6.45, 7) is 2.00. The van der Waals surface area contributed by atoms with Crippen molar-refractivity contribution in [2.45, 2.75) is 6.92 Å². The summed E-state index contributed by atoms with van der Waals surface area (Å²) in [6.07, 6.45) is 1.45. The molecule has 8 nitrogen and oxygen atoms in total. The summed E-state index contributed by atoms with van der Waals surface area (Å²) in [5.41, 5.74) is 7.30. The second-order valence-electron chi connectivity index (χ2n) is 5.91. The summed E-state index contributed by atoms with van der Waals surface area (Å²) in [7, 11) is 1.60. The number of amides is 1. The van der Waals surface area contributed by atoms with Gasteiger partial charge in [-0.2, -0.15) is 5.10 Å². The predicted octanol–water partition coefficient (Wildman–Crippen LogP) is 3.23. The van der Waals surface area contributed by atoms with E-state index in [0.29, 0.717) is 16.3 Å². The van der Waals surface area contributed by atoms with Gasteiger partial charge in [0.25, 0.3) is 5.91 Å². The summed E-state index contributed by atoms with van der Waals surface area (Å²) in [5.74, 6) is -1.08. The number of primary amides is 1. The first-order valence-electron chi connectivity index (χ1n) is 8.66. The van der Waals surface area contributed by atoms with Crippen molar-refractivity contribution in [1.29, 1.82) is 0 Å². The molecule has 2 heterocycles. The lowest BCUT2D eigenvalue weighted by Crippen LogP contribution is -2.23. The van der Waals surface area contributed by atoms with Crippen LogP contribution in [0.3, 0.4) is 0 Å². The molecule has 0 unspecified atom stereocenters. The molecule has 1 amide bonds. The van der Waals surface area contributed by atoms with Crippen LogP contribution in [0.4, 0.5) is 10.7 Å². The van der Waals surface area contributed by atoms with E-state index in [9.17, 15) is 9.59 Å². The highest BCUT2D eigenvalue weighted by atomic mass is 32.1. The van der Waals surface area contributed by atoms with Crippen LogP contribution in [0, 0.1) is 0 Å². The monoisotopic (exact) mass is 429 g/mol. The largest absolute Gasteiger partial charge is 0.462 e. The molecule has 150 valence electrons. The Hall–Kier alpha value is -3.24. The Morgan fingerprint density at radius 3 is 2.66 bits per heavy atom. The normalized spacial score (nSPS) is 10.4. The second kappa shape index (κ2) is 8.84. The molecule has 0 bridgehead atoms. The molecule has 0 aliphatic carbocycles. The minimum Gasteiger partial charge on any atom is -0.462 e. The summed E-state index contributed by atoms with van der Waals surface area (Å²) >= 11 is 6.72.